The first-order valence-corrected chi connectivity index (χ1v) is 35.7. The van der Waals surface area contributed by atoms with Crippen LogP contribution in [0.5, 0.6) is 0 Å². The number of fused-ring (bicyclic) bond motifs is 22. The Morgan fingerprint density at radius 2 is 0.700 bits per heavy atom. The number of rotatable bonds is 7. The van der Waals surface area contributed by atoms with Crippen LogP contribution in [0.2, 0.25) is 0 Å². The van der Waals surface area contributed by atoms with Gasteiger partial charge in [-0.3, -0.25) is 0 Å². The molecule has 0 radical (unpaired) electrons. The van der Waals surface area contributed by atoms with Gasteiger partial charge in [0, 0.05) is 108 Å². The van der Waals surface area contributed by atoms with Crippen LogP contribution in [0.15, 0.2) is 328 Å². The van der Waals surface area contributed by atoms with Crippen molar-refractivity contribution in [3.8, 4) is 72.8 Å². The lowest BCUT2D eigenvalue weighted by molar-refractivity contribution is 1.13. The molecule has 0 atom stereocenters. The molecule has 0 fully saturated rings. The standard InChI is InChI=1S/C92H54N6S2/c1-2-24-59(25-3-1)97-80-54-56(46-49-70(80)85-69-32-8-16-40-78(69)95(79-41-17-9-33-71(79)88(85)97)61-26-20-22-57(52-61)83-67-30-4-12-36-74(67)93-86-72-34-10-18-42-81(72)99-91(83)86)55-44-47-60(48-45-55)96-76-38-14-6-28-63(76)65-50-51-66-64-29-7-15-39-77(64)98(90(66)89(65)96)62-27-21-23-58(53-62)84-68-31-5-13-37-75(68)94-87-73-35-11-19-43-82(73)100-92(84)87/h1-54H. The minimum absolute atomic E-state index is 0.995. The van der Waals surface area contributed by atoms with Crippen LogP contribution in [-0.2, 0) is 0 Å². The van der Waals surface area contributed by atoms with Crippen molar-refractivity contribution in [3.05, 3.63) is 328 Å². The summed E-state index contributed by atoms with van der Waals surface area (Å²) in [5.41, 5.74) is 28.2. The second kappa shape index (κ2) is 21.4. The predicted molar refractivity (Wildman–Crippen MR) is 424 cm³/mol. The predicted octanol–water partition coefficient (Wildman–Crippen LogP) is 25.8. The molecule has 14 aromatic carbocycles. The summed E-state index contributed by atoms with van der Waals surface area (Å²) in [4.78, 5) is 13.1. The van der Waals surface area contributed by atoms with E-state index in [0.29, 0.717) is 0 Å². The van der Waals surface area contributed by atoms with E-state index in [4.69, 9.17) is 9.97 Å². The van der Waals surface area contributed by atoms with E-state index < -0.39 is 0 Å². The van der Waals surface area contributed by atoms with Crippen LogP contribution in [0.1, 0.15) is 0 Å². The zero-order valence-electron chi connectivity index (χ0n) is 53.7. The van der Waals surface area contributed by atoms with Crippen molar-refractivity contribution in [2.24, 2.45) is 0 Å². The molecule has 100 heavy (non-hydrogen) atoms. The maximum absolute atomic E-state index is 5.31. The zero-order chi connectivity index (χ0) is 65.3. The average Bonchev–Trinajstić information content (AvgIpc) is 1.55. The smallest absolute Gasteiger partial charge is 0.0902 e. The van der Waals surface area contributed by atoms with Gasteiger partial charge in [0.1, 0.15) is 0 Å². The minimum atomic E-state index is 0.995. The molecule has 0 bridgehead atoms. The quantitative estimate of drug-likeness (QED) is 0.160. The van der Waals surface area contributed by atoms with Crippen molar-refractivity contribution in [3.63, 3.8) is 0 Å². The van der Waals surface area contributed by atoms with Gasteiger partial charge in [0.15, 0.2) is 0 Å². The van der Waals surface area contributed by atoms with Crippen LogP contribution in [-0.4, -0.2) is 23.7 Å². The maximum atomic E-state index is 5.31. The van der Waals surface area contributed by atoms with Gasteiger partial charge in [0.05, 0.1) is 76.1 Å². The first-order valence-electron chi connectivity index (χ1n) is 34.0. The van der Waals surface area contributed by atoms with E-state index in [2.05, 4.69) is 346 Å². The van der Waals surface area contributed by atoms with Crippen molar-refractivity contribution in [1.29, 1.82) is 0 Å². The number of para-hydroxylation sites is 7. The molecule has 0 unspecified atom stereocenters. The third-order valence-electron chi connectivity index (χ3n) is 20.9. The fourth-order valence-electron chi connectivity index (χ4n) is 16.7. The Bertz CT molecular complexity index is 7040. The molecule has 464 valence electrons. The van der Waals surface area contributed by atoms with Crippen LogP contribution in [0, 0.1) is 0 Å². The normalized spacial score (nSPS) is 12.4. The number of nitrogens with zero attached hydrogens (tertiary/aromatic N) is 6. The molecule has 6 nitrogen and oxygen atoms in total. The number of thiophene rings is 2. The molecule has 0 amide bonds. The van der Waals surface area contributed by atoms with Crippen molar-refractivity contribution in [2.75, 3.05) is 4.90 Å². The summed E-state index contributed by atoms with van der Waals surface area (Å²) in [5.74, 6) is 0. The molecule has 1 aliphatic heterocycles. The SMILES string of the molecule is c1ccc(-n2c3c(c4ccc(-c5ccc(-n6c7ccccc7c7ccc8c9ccccc9n(-c9cccc(-c%10c%11ccccc%11nc%11c%10sc%10ccccc%10%11)c9)c8c76)cc5)cc42)-c2ccccc2N(c2cccc(-c4c5ccccc5nc5c4sc4ccccc45)c2)c2ccccc2-3)cc1. The topological polar surface area (TPSA) is 43.8 Å². The summed E-state index contributed by atoms with van der Waals surface area (Å²) in [7, 11) is 0. The summed E-state index contributed by atoms with van der Waals surface area (Å²) in [6.45, 7) is 0. The highest BCUT2D eigenvalue weighted by molar-refractivity contribution is 7.26. The van der Waals surface area contributed by atoms with Crippen molar-refractivity contribution in [2.45, 2.75) is 0 Å². The molecule has 7 aromatic heterocycles. The molecule has 8 heterocycles. The van der Waals surface area contributed by atoms with E-state index in [-0.39, 0.29) is 0 Å². The second-order valence-electron chi connectivity index (χ2n) is 26.3. The lowest BCUT2D eigenvalue weighted by atomic mass is 9.96. The fraction of sp³-hybridized carbons (Fsp3) is 0. The van der Waals surface area contributed by atoms with Gasteiger partial charge in [-0.25, -0.2) is 9.97 Å². The van der Waals surface area contributed by atoms with Crippen molar-refractivity contribution < 1.29 is 0 Å². The molecule has 0 aliphatic carbocycles. The Kier molecular flexibility index (Phi) is 11.9. The first-order chi connectivity index (χ1) is 49.6. The molecule has 22 rings (SSSR count). The van der Waals surface area contributed by atoms with E-state index in [0.717, 1.165) is 117 Å². The van der Waals surface area contributed by atoms with E-state index in [1.807, 2.05) is 22.7 Å². The van der Waals surface area contributed by atoms with Gasteiger partial charge < -0.3 is 18.6 Å². The summed E-state index contributed by atoms with van der Waals surface area (Å²) < 4.78 is 12.4. The maximum Gasteiger partial charge on any atom is 0.0902 e. The molecule has 8 heteroatoms. The lowest BCUT2D eigenvalue weighted by Gasteiger charge is -2.28. The fourth-order valence-corrected chi connectivity index (χ4v) is 19.1. The van der Waals surface area contributed by atoms with Crippen molar-refractivity contribution in [1.82, 2.24) is 23.7 Å². The molecule has 21 aromatic rings. The summed E-state index contributed by atoms with van der Waals surface area (Å²) in [6, 6.07) is 121. The van der Waals surface area contributed by atoms with Gasteiger partial charge in [-0.1, -0.05) is 224 Å². The first kappa shape index (κ1) is 55.4. The minimum Gasteiger partial charge on any atom is -0.309 e. The molecule has 0 spiro atoms. The Labute approximate surface area is 581 Å². The Morgan fingerprint density at radius 3 is 1.32 bits per heavy atom. The average molecular weight is 1310 g/mol. The highest BCUT2D eigenvalue weighted by Gasteiger charge is 2.33. The zero-order valence-corrected chi connectivity index (χ0v) is 55.3. The monoisotopic (exact) mass is 1310 g/mol. The van der Waals surface area contributed by atoms with E-state index in [1.54, 1.807) is 0 Å². The number of hydrogen-bond donors (Lipinski definition) is 0. The molecular formula is C92H54N6S2. The van der Waals surface area contributed by atoms with Gasteiger partial charge >= 0.3 is 0 Å². The number of benzene rings is 14. The lowest BCUT2D eigenvalue weighted by Crippen LogP contribution is -2.11. The van der Waals surface area contributed by atoms with Gasteiger partial charge in [0.25, 0.3) is 0 Å². The Morgan fingerprint density at radius 1 is 0.250 bits per heavy atom. The van der Waals surface area contributed by atoms with Crippen LogP contribution in [0.25, 0.3) is 190 Å². The molecule has 1 aliphatic rings. The molecule has 0 saturated heterocycles. The van der Waals surface area contributed by atoms with Crippen LogP contribution in [0.4, 0.5) is 17.1 Å². The number of pyridine rings is 2. The van der Waals surface area contributed by atoms with Gasteiger partial charge in [-0.15, -0.1) is 22.7 Å². The van der Waals surface area contributed by atoms with Gasteiger partial charge in [0.2, 0.25) is 0 Å². The van der Waals surface area contributed by atoms with Gasteiger partial charge in [-0.05, 0) is 125 Å². The summed E-state index contributed by atoms with van der Waals surface area (Å²) >= 11 is 3.67. The van der Waals surface area contributed by atoms with Crippen LogP contribution < -0.4 is 4.90 Å². The number of aromatic nitrogens is 5. The van der Waals surface area contributed by atoms with Gasteiger partial charge in [-0.2, -0.15) is 0 Å². The number of anilines is 3. The summed E-state index contributed by atoms with van der Waals surface area (Å²) in [6.07, 6.45) is 0. The highest BCUT2D eigenvalue weighted by atomic mass is 32.1. The molecular weight excluding hydrogens is 1250 g/mol. The molecule has 0 saturated carbocycles. The largest absolute Gasteiger partial charge is 0.309 e. The highest BCUT2D eigenvalue weighted by Crippen LogP contribution is 2.56. The van der Waals surface area contributed by atoms with E-state index >= 15 is 0 Å². The number of hydrogen-bond acceptors (Lipinski definition) is 5. The summed E-state index contributed by atoms with van der Waals surface area (Å²) in [5, 5.41) is 10.7. The second-order valence-corrected chi connectivity index (χ2v) is 28.4. The Hall–Kier alpha value is -12.7. The van der Waals surface area contributed by atoms with E-state index in [9.17, 15) is 0 Å². The molecule has 0 N–H and O–H groups in total. The third-order valence-corrected chi connectivity index (χ3v) is 23.3. The van der Waals surface area contributed by atoms with Crippen molar-refractivity contribution >= 4 is 157 Å². The Balaban J connectivity index is 0.703. The van der Waals surface area contributed by atoms with Crippen LogP contribution >= 0.6 is 22.7 Å². The third kappa shape index (κ3) is 7.99. The van der Waals surface area contributed by atoms with Crippen LogP contribution in [0.3, 0.4) is 0 Å². The van der Waals surface area contributed by atoms with E-state index in [1.165, 1.54) is 89.8 Å².